The summed E-state index contributed by atoms with van der Waals surface area (Å²) in [6, 6.07) is 48.7. The van der Waals surface area contributed by atoms with Gasteiger partial charge in [0.2, 0.25) is 0 Å². The van der Waals surface area contributed by atoms with E-state index in [1.165, 1.54) is 83.9 Å². The molecule has 0 aliphatic carbocycles. The van der Waals surface area contributed by atoms with Crippen molar-refractivity contribution >= 4 is 57.2 Å². The van der Waals surface area contributed by atoms with E-state index in [-0.39, 0.29) is 6.71 Å². The highest BCUT2D eigenvalue weighted by atomic mass is 15.2. The van der Waals surface area contributed by atoms with Crippen LogP contribution in [0.25, 0.3) is 11.1 Å². The third-order valence-corrected chi connectivity index (χ3v) is 11.2. The molecule has 6 aromatic carbocycles. The molecule has 0 aromatic heterocycles. The standard InChI is InChI=1S/C48H49BN2/c1-30(2)34-18-22-39(23-19-34)50-44-24-20-36(31(3)4)26-41(44)49-42-27-37(32(5)6)21-25-45(42)51(47-29-38(33(7)8)28-46(50)48(47)49)43-17-13-12-16-40(43)35-14-10-9-11-15-35/h9-33H,1-8H3. The van der Waals surface area contributed by atoms with Gasteiger partial charge in [0.1, 0.15) is 0 Å². The summed E-state index contributed by atoms with van der Waals surface area (Å²) in [5.41, 5.74) is 19.6. The summed E-state index contributed by atoms with van der Waals surface area (Å²) in [7, 11) is 0. The highest BCUT2D eigenvalue weighted by Crippen LogP contribution is 2.48. The molecule has 2 heterocycles. The fraction of sp³-hybridized carbons (Fsp3) is 0.250. The predicted molar refractivity (Wildman–Crippen MR) is 222 cm³/mol. The molecule has 2 aliphatic rings. The van der Waals surface area contributed by atoms with Crippen LogP contribution in [0.15, 0.2) is 127 Å². The SMILES string of the molecule is CC(C)c1ccc(N2c3ccc(C(C)C)cc3B3c4cc(C(C)C)ccc4N(c4ccccc4-c4ccccc4)c4cc(C(C)C)cc2c43)cc1. The Morgan fingerprint density at radius 1 is 0.392 bits per heavy atom. The van der Waals surface area contributed by atoms with Gasteiger partial charge in [0, 0.05) is 34.0 Å². The summed E-state index contributed by atoms with van der Waals surface area (Å²) in [6.45, 7) is 18.6. The van der Waals surface area contributed by atoms with Gasteiger partial charge in [-0.1, -0.05) is 140 Å². The molecule has 0 saturated carbocycles. The highest BCUT2D eigenvalue weighted by Gasteiger charge is 2.44. The van der Waals surface area contributed by atoms with E-state index in [9.17, 15) is 0 Å². The van der Waals surface area contributed by atoms with Crippen molar-refractivity contribution in [1.29, 1.82) is 0 Å². The van der Waals surface area contributed by atoms with Crippen LogP contribution in [0.3, 0.4) is 0 Å². The van der Waals surface area contributed by atoms with E-state index in [1.54, 1.807) is 0 Å². The number of anilines is 6. The number of benzene rings is 6. The van der Waals surface area contributed by atoms with E-state index in [2.05, 4.69) is 193 Å². The molecule has 2 aliphatic heterocycles. The van der Waals surface area contributed by atoms with Gasteiger partial charge in [0.25, 0.3) is 6.71 Å². The molecule has 6 aromatic rings. The molecule has 8 rings (SSSR count). The number of fused-ring (bicyclic) bond motifs is 4. The van der Waals surface area contributed by atoms with Crippen molar-refractivity contribution in [3.05, 3.63) is 150 Å². The lowest BCUT2D eigenvalue weighted by Gasteiger charge is -2.45. The van der Waals surface area contributed by atoms with Crippen LogP contribution in [-0.2, 0) is 0 Å². The average molecular weight is 665 g/mol. The first-order valence-corrected chi connectivity index (χ1v) is 18.9. The van der Waals surface area contributed by atoms with Gasteiger partial charge in [-0.15, -0.1) is 0 Å². The molecule has 0 saturated heterocycles. The van der Waals surface area contributed by atoms with E-state index in [0.717, 1.165) is 0 Å². The van der Waals surface area contributed by atoms with Gasteiger partial charge in [-0.05, 0) is 110 Å². The Morgan fingerprint density at radius 3 is 1.45 bits per heavy atom. The quantitative estimate of drug-likeness (QED) is 0.157. The first kappa shape index (κ1) is 33.1. The molecule has 0 unspecified atom stereocenters. The lowest BCUT2D eigenvalue weighted by molar-refractivity contribution is 0.864. The summed E-state index contributed by atoms with van der Waals surface area (Å²) < 4.78 is 0. The topological polar surface area (TPSA) is 6.48 Å². The maximum Gasteiger partial charge on any atom is 0.252 e. The van der Waals surface area contributed by atoms with Crippen LogP contribution < -0.4 is 26.2 Å². The maximum absolute atomic E-state index is 2.58. The van der Waals surface area contributed by atoms with Crippen molar-refractivity contribution < 1.29 is 0 Å². The normalized spacial score (nSPS) is 13.3. The highest BCUT2D eigenvalue weighted by molar-refractivity contribution is 7.00. The van der Waals surface area contributed by atoms with Crippen LogP contribution in [-0.4, -0.2) is 6.71 Å². The molecule has 3 heteroatoms. The molecule has 254 valence electrons. The van der Waals surface area contributed by atoms with E-state index in [1.807, 2.05) is 0 Å². The molecular formula is C48H49BN2. The Bertz CT molecular complexity index is 2230. The van der Waals surface area contributed by atoms with E-state index in [0.29, 0.717) is 23.7 Å². The minimum absolute atomic E-state index is 0.102. The van der Waals surface area contributed by atoms with E-state index in [4.69, 9.17) is 0 Å². The first-order chi connectivity index (χ1) is 24.6. The molecule has 0 bridgehead atoms. The van der Waals surface area contributed by atoms with Crippen molar-refractivity contribution in [2.24, 2.45) is 0 Å². The predicted octanol–water partition coefficient (Wildman–Crippen LogP) is 11.9. The third kappa shape index (κ3) is 5.59. The van der Waals surface area contributed by atoms with Crippen LogP contribution in [0.2, 0.25) is 0 Å². The van der Waals surface area contributed by atoms with Gasteiger partial charge >= 0.3 is 0 Å². The minimum Gasteiger partial charge on any atom is -0.311 e. The third-order valence-electron chi connectivity index (χ3n) is 11.2. The number of hydrogen-bond acceptors (Lipinski definition) is 2. The van der Waals surface area contributed by atoms with Crippen LogP contribution in [0, 0.1) is 0 Å². The summed E-state index contributed by atoms with van der Waals surface area (Å²) in [4.78, 5) is 5.14. The molecule has 0 fully saturated rings. The molecule has 0 radical (unpaired) electrons. The summed E-state index contributed by atoms with van der Waals surface area (Å²) in [6.07, 6.45) is 0. The molecule has 51 heavy (non-hydrogen) atoms. The molecule has 0 spiro atoms. The Morgan fingerprint density at radius 2 is 0.882 bits per heavy atom. The van der Waals surface area contributed by atoms with Gasteiger partial charge < -0.3 is 9.80 Å². The number of para-hydroxylation sites is 1. The van der Waals surface area contributed by atoms with Crippen LogP contribution >= 0.6 is 0 Å². The second kappa shape index (κ2) is 12.9. The van der Waals surface area contributed by atoms with Gasteiger partial charge in [0.15, 0.2) is 0 Å². The summed E-state index contributed by atoms with van der Waals surface area (Å²) >= 11 is 0. The van der Waals surface area contributed by atoms with Crippen LogP contribution in [0.5, 0.6) is 0 Å². The van der Waals surface area contributed by atoms with Gasteiger partial charge in [-0.2, -0.15) is 0 Å². The fourth-order valence-electron chi connectivity index (χ4n) is 8.19. The monoisotopic (exact) mass is 664 g/mol. The van der Waals surface area contributed by atoms with E-state index >= 15 is 0 Å². The molecule has 0 N–H and O–H groups in total. The zero-order valence-electron chi connectivity index (χ0n) is 31.4. The number of rotatable bonds is 7. The minimum atomic E-state index is 0.102. The second-order valence-corrected chi connectivity index (χ2v) is 15.8. The zero-order chi connectivity index (χ0) is 35.6. The van der Waals surface area contributed by atoms with Gasteiger partial charge in [0.05, 0.1) is 5.69 Å². The van der Waals surface area contributed by atoms with Crippen molar-refractivity contribution in [1.82, 2.24) is 0 Å². The molecule has 0 atom stereocenters. The Labute approximate surface area is 305 Å². The number of nitrogens with zero attached hydrogens (tertiary/aromatic N) is 2. The smallest absolute Gasteiger partial charge is 0.252 e. The summed E-state index contributed by atoms with van der Waals surface area (Å²) in [5.74, 6) is 1.69. The molecular weight excluding hydrogens is 615 g/mol. The Kier molecular flexibility index (Phi) is 8.42. The summed E-state index contributed by atoms with van der Waals surface area (Å²) in [5, 5.41) is 0. The lowest BCUT2D eigenvalue weighted by atomic mass is 9.33. The maximum atomic E-state index is 2.58. The fourth-order valence-corrected chi connectivity index (χ4v) is 8.19. The van der Waals surface area contributed by atoms with Crippen LogP contribution in [0.1, 0.15) is 101 Å². The zero-order valence-corrected chi connectivity index (χ0v) is 31.4. The largest absolute Gasteiger partial charge is 0.311 e. The Balaban J connectivity index is 1.50. The van der Waals surface area contributed by atoms with Crippen molar-refractivity contribution in [2.45, 2.75) is 79.1 Å². The first-order valence-electron chi connectivity index (χ1n) is 18.9. The van der Waals surface area contributed by atoms with Crippen molar-refractivity contribution in [2.75, 3.05) is 9.80 Å². The molecule has 2 nitrogen and oxygen atoms in total. The van der Waals surface area contributed by atoms with Gasteiger partial charge in [-0.25, -0.2) is 0 Å². The van der Waals surface area contributed by atoms with Crippen LogP contribution in [0.4, 0.5) is 34.1 Å². The van der Waals surface area contributed by atoms with Crippen molar-refractivity contribution in [3.63, 3.8) is 0 Å². The number of hydrogen-bond donors (Lipinski definition) is 0. The van der Waals surface area contributed by atoms with E-state index < -0.39 is 0 Å². The lowest BCUT2D eigenvalue weighted by Crippen LogP contribution is -2.61. The average Bonchev–Trinajstić information content (AvgIpc) is 3.14. The van der Waals surface area contributed by atoms with Gasteiger partial charge in [-0.3, -0.25) is 0 Å². The Hall–Kier alpha value is -5.02. The second-order valence-electron chi connectivity index (χ2n) is 15.8. The molecule has 0 amide bonds. The van der Waals surface area contributed by atoms with Crippen molar-refractivity contribution in [3.8, 4) is 11.1 Å².